The highest BCUT2D eigenvalue weighted by Gasteiger charge is 2.08. The van der Waals surface area contributed by atoms with Crippen LogP contribution >= 0.6 is 0 Å². The largest absolute Gasteiger partial charge is 0.349 e. The van der Waals surface area contributed by atoms with Gasteiger partial charge in [0.1, 0.15) is 0 Å². The summed E-state index contributed by atoms with van der Waals surface area (Å²) < 4.78 is 0. The number of rotatable bonds is 2. The number of nitro benzene ring substituents is 1. The zero-order valence-corrected chi connectivity index (χ0v) is 10.4. The van der Waals surface area contributed by atoms with Gasteiger partial charge in [0.05, 0.1) is 10.6 Å². The summed E-state index contributed by atoms with van der Waals surface area (Å²) in [7, 11) is 7.48. The first-order chi connectivity index (χ1) is 7.91. The van der Waals surface area contributed by atoms with E-state index in [2.05, 4.69) is 4.99 Å². The summed E-state index contributed by atoms with van der Waals surface area (Å²) in [4.78, 5) is 18.3. The molecule has 0 saturated carbocycles. The fourth-order valence-electron chi connectivity index (χ4n) is 1.39. The lowest BCUT2D eigenvalue weighted by Crippen LogP contribution is -2.35. The second-order valence-electron chi connectivity index (χ2n) is 3.98. The SMILES string of the molecule is CN(C)C(=Nc1cccc([N+](=O)[O-])c1)N(C)C. The van der Waals surface area contributed by atoms with Gasteiger partial charge < -0.3 is 9.80 Å². The molecule has 0 fully saturated rings. The van der Waals surface area contributed by atoms with E-state index in [-0.39, 0.29) is 5.69 Å². The quantitative estimate of drug-likeness (QED) is 0.339. The number of hydrogen-bond acceptors (Lipinski definition) is 3. The Morgan fingerprint density at radius 2 is 1.82 bits per heavy atom. The monoisotopic (exact) mass is 236 g/mol. The molecule has 0 aliphatic heterocycles. The van der Waals surface area contributed by atoms with E-state index in [1.54, 1.807) is 12.1 Å². The van der Waals surface area contributed by atoms with Crippen LogP contribution in [0.15, 0.2) is 29.3 Å². The number of hydrogen-bond donors (Lipinski definition) is 0. The summed E-state index contributed by atoms with van der Waals surface area (Å²) in [5.41, 5.74) is 0.611. The van der Waals surface area contributed by atoms with Crippen molar-refractivity contribution in [3.05, 3.63) is 34.4 Å². The van der Waals surface area contributed by atoms with Gasteiger partial charge in [0, 0.05) is 40.3 Å². The maximum absolute atomic E-state index is 10.6. The van der Waals surface area contributed by atoms with E-state index < -0.39 is 4.92 Å². The highest BCUT2D eigenvalue weighted by molar-refractivity contribution is 5.82. The van der Waals surface area contributed by atoms with Crippen LogP contribution in [0.3, 0.4) is 0 Å². The highest BCUT2D eigenvalue weighted by Crippen LogP contribution is 2.20. The topological polar surface area (TPSA) is 62.0 Å². The van der Waals surface area contributed by atoms with E-state index in [0.717, 1.165) is 5.96 Å². The molecule has 0 heterocycles. The number of non-ortho nitro benzene ring substituents is 1. The van der Waals surface area contributed by atoms with Crippen LogP contribution in [-0.4, -0.2) is 48.9 Å². The maximum Gasteiger partial charge on any atom is 0.271 e. The second kappa shape index (κ2) is 5.29. The van der Waals surface area contributed by atoms with Gasteiger partial charge in [0.2, 0.25) is 5.96 Å². The van der Waals surface area contributed by atoms with Gasteiger partial charge in [0.15, 0.2) is 0 Å². The van der Waals surface area contributed by atoms with Gasteiger partial charge in [0.25, 0.3) is 5.69 Å². The summed E-state index contributed by atoms with van der Waals surface area (Å²) in [6, 6.07) is 6.26. The molecule has 0 unspecified atom stereocenters. The third kappa shape index (κ3) is 3.44. The van der Waals surface area contributed by atoms with Crippen molar-refractivity contribution in [1.82, 2.24) is 9.80 Å². The molecule has 0 spiro atoms. The molecule has 0 aliphatic rings. The first kappa shape index (κ1) is 13.0. The van der Waals surface area contributed by atoms with Crippen molar-refractivity contribution in [3.8, 4) is 0 Å². The molecule has 1 rings (SSSR count). The molecule has 17 heavy (non-hydrogen) atoms. The molecule has 0 aromatic heterocycles. The van der Waals surface area contributed by atoms with E-state index >= 15 is 0 Å². The Balaban J connectivity index is 3.11. The molecule has 0 amide bonds. The van der Waals surface area contributed by atoms with Crippen LogP contribution in [0.25, 0.3) is 0 Å². The lowest BCUT2D eigenvalue weighted by atomic mass is 10.3. The molecule has 0 aliphatic carbocycles. The van der Waals surface area contributed by atoms with Crippen molar-refractivity contribution in [2.24, 2.45) is 4.99 Å². The third-order valence-corrected chi connectivity index (χ3v) is 2.07. The first-order valence-corrected chi connectivity index (χ1v) is 5.09. The predicted molar refractivity (Wildman–Crippen MR) is 67.6 cm³/mol. The van der Waals surface area contributed by atoms with Crippen LogP contribution in [0.5, 0.6) is 0 Å². The summed E-state index contributed by atoms with van der Waals surface area (Å²) in [5, 5.41) is 10.6. The van der Waals surface area contributed by atoms with E-state index in [1.165, 1.54) is 12.1 Å². The molecule has 0 atom stereocenters. The smallest absolute Gasteiger partial charge is 0.271 e. The maximum atomic E-state index is 10.6. The van der Waals surface area contributed by atoms with Crippen LogP contribution in [0, 0.1) is 10.1 Å². The number of nitrogens with zero attached hydrogens (tertiary/aromatic N) is 4. The molecule has 0 bridgehead atoms. The van der Waals surface area contributed by atoms with Gasteiger partial charge in [-0.1, -0.05) is 6.07 Å². The summed E-state index contributed by atoms with van der Waals surface area (Å²) in [5.74, 6) is 0.727. The Bertz CT molecular complexity index is 431. The minimum absolute atomic E-state index is 0.0445. The molecule has 6 heteroatoms. The summed E-state index contributed by atoms with van der Waals surface area (Å²) >= 11 is 0. The van der Waals surface area contributed by atoms with Gasteiger partial charge in [-0.3, -0.25) is 10.1 Å². The fraction of sp³-hybridized carbons (Fsp3) is 0.364. The fourth-order valence-corrected chi connectivity index (χ4v) is 1.39. The zero-order valence-electron chi connectivity index (χ0n) is 10.4. The Kier molecular flexibility index (Phi) is 4.03. The Morgan fingerprint density at radius 1 is 1.24 bits per heavy atom. The van der Waals surface area contributed by atoms with Crippen molar-refractivity contribution < 1.29 is 4.92 Å². The predicted octanol–water partition coefficient (Wildman–Crippen LogP) is 1.71. The zero-order chi connectivity index (χ0) is 13.0. The van der Waals surface area contributed by atoms with Crippen molar-refractivity contribution in [2.45, 2.75) is 0 Å². The van der Waals surface area contributed by atoms with Gasteiger partial charge in [-0.15, -0.1) is 0 Å². The lowest BCUT2D eigenvalue weighted by molar-refractivity contribution is -0.384. The third-order valence-electron chi connectivity index (χ3n) is 2.07. The van der Waals surface area contributed by atoms with Gasteiger partial charge in [-0.05, 0) is 6.07 Å². The van der Waals surface area contributed by atoms with Crippen LogP contribution in [-0.2, 0) is 0 Å². The van der Waals surface area contributed by atoms with Gasteiger partial charge in [-0.2, -0.15) is 0 Å². The lowest BCUT2D eigenvalue weighted by Gasteiger charge is -2.22. The number of nitro groups is 1. The van der Waals surface area contributed by atoms with Crippen molar-refractivity contribution in [2.75, 3.05) is 28.2 Å². The second-order valence-corrected chi connectivity index (χ2v) is 3.98. The van der Waals surface area contributed by atoms with E-state index in [9.17, 15) is 10.1 Å². The Labute approximate surface area is 100 Å². The minimum atomic E-state index is -0.427. The molecule has 6 nitrogen and oxygen atoms in total. The molecule has 92 valence electrons. The molecular formula is C11H16N4O2. The van der Waals surface area contributed by atoms with E-state index in [1.807, 2.05) is 38.0 Å². The average molecular weight is 236 g/mol. The average Bonchev–Trinajstić information content (AvgIpc) is 2.25. The Hall–Kier alpha value is -2.11. The standard InChI is InChI=1S/C11H16N4O2/c1-13(2)11(14(3)4)12-9-6-5-7-10(8-9)15(16)17/h5-8H,1-4H3. The number of aliphatic imine (C=N–C) groups is 1. The summed E-state index contributed by atoms with van der Waals surface area (Å²) in [6.07, 6.45) is 0. The molecule has 1 aromatic rings. The van der Waals surface area contributed by atoms with Crippen molar-refractivity contribution in [3.63, 3.8) is 0 Å². The van der Waals surface area contributed by atoms with Crippen LogP contribution in [0.1, 0.15) is 0 Å². The van der Waals surface area contributed by atoms with E-state index in [4.69, 9.17) is 0 Å². The minimum Gasteiger partial charge on any atom is -0.349 e. The molecule has 0 N–H and O–H groups in total. The van der Waals surface area contributed by atoms with Gasteiger partial charge >= 0.3 is 0 Å². The highest BCUT2D eigenvalue weighted by atomic mass is 16.6. The number of benzene rings is 1. The molecule has 0 radical (unpaired) electrons. The van der Waals surface area contributed by atoms with Gasteiger partial charge in [-0.25, -0.2) is 4.99 Å². The van der Waals surface area contributed by atoms with E-state index in [0.29, 0.717) is 5.69 Å². The molecular weight excluding hydrogens is 220 g/mol. The summed E-state index contributed by atoms with van der Waals surface area (Å²) in [6.45, 7) is 0. The van der Waals surface area contributed by atoms with Crippen molar-refractivity contribution in [1.29, 1.82) is 0 Å². The Morgan fingerprint density at radius 3 is 2.29 bits per heavy atom. The molecule has 1 aromatic carbocycles. The van der Waals surface area contributed by atoms with Crippen LogP contribution in [0.2, 0.25) is 0 Å². The van der Waals surface area contributed by atoms with Crippen molar-refractivity contribution >= 4 is 17.3 Å². The normalized spacial score (nSPS) is 9.65. The number of guanidine groups is 1. The molecule has 0 saturated heterocycles. The van der Waals surface area contributed by atoms with Crippen LogP contribution in [0.4, 0.5) is 11.4 Å². The van der Waals surface area contributed by atoms with Crippen LogP contribution < -0.4 is 0 Å². The first-order valence-electron chi connectivity index (χ1n) is 5.09.